The van der Waals surface area contributed by atoms with Crippen molar-refractivity contribution in [2.75, 3.05) is 0 Å². The van der Waals surface area contributed by atoms with E-state index in [2.05, 4.69) is 0 Å². The largest absolute Gasteiger partial charge is 0.299 e. The van der Waals surface area contributed by atoms with Crippen molar-refractivity contribution in [2.24, 2.45) is 0 Å². The maximum atomic E-state index is 8.67. The third-order valence-electron chi connectivity index (χ3n) is 0. The normalized spacial score (nSPS) is 7.00. The molecule has 0 aromatic heterocycles. The molecule has 3 nitrogen and oxygen atoms in total. The molecule has 0 aliphatic rings. The summed E-state index contributed by atoms with van der Waals surface area (Å²) in [5.74, 6) is 0. The molecule has 0 aliphatic carbocycles. The van der Waals surface area contributed by atoms with Gasteiger partial charge >= 0.3 is 0 Å². The molecule has 0 bridgehead atoms. The van der Waals surface area contributed by atoms with Gasteiger partial charge < -0.3 is 0 Å². The molecular weight excluding hydrogens is 108 g/mol. The summed E-state index contributed by atoms with van der Waals surface area (Å²) in [6.07, 6.45) is 0. The molecule has 0 saturated heterocycles. The van der Waals surface area contributed by atoms with E-state index in [4.69, 9.17) is 13.3 Å². The molecule has 0 aromatic rings. The second kappa shape index (κ2) is 4.29. The maximum absolute atomic E-state index is 8.67. The molecule has 5 heteroatoms. The molecule has 0 aliphatic heterocycles. The van der Waals surface area contributed by atoms with Crippen LogP contribution in [-0.4, -0.2) is 24.3 Å². The number of hydrogen-bond acceptors (Lipinski definition) is 1. The molecule has 0 radical (unpaired) electrons. The van der Waals surface area contributed by atoms with Crippen molar-refractivity contribution in [1.29, 1.82) is 0 Å². The zero-order chi connectivity index (χ0) is 3.58. The van der Waals surface area contributed by atoms with E-state index in [1.807, 2.05) is 0 Å². The fourth-order valence-corrected chi connectivity index (χ4v) is 0. The van der Waals surface area contributed by atoms with Crippen LogP contribution in [0.4, 0.5) is 0 Å². The minimum Gasteiger partial charge on any atom is -0.284 e. The van der Waals surface area contributed by atoms with Gasteiger partial charge in [0.05, 0.1) is 0 Å². The summed E-state index contributed by atoms with van der Waals surface area (Å²) in [7, 11) is 0. The van der Waals surface area contributed by atoms with Gasteiger partial charge in [-0.25, -0.2) is 0 Å². The van der Waals surface area contributed by atoms with Gasteiger partial charge in [0.25, 0.3) is 11.4 Å². The molecule has 0 rings (SSSR count). The van der Waals surface area contributed by atoms with E-state index >= 15 is 0 Å². The molecule has 0 heterocycles. The highest BCUT2D eigenvalue weighted by atomic mass is 32.2. The minimum absolute atomic E-state index is 0. The van der Waals surface area contributed by atoms with Gasteiger partial charge in [0.1, 0.15) is 0 Å². The van der Waals surface area contributed by atoms with Crippen molar-refractivity contribution < 1.29 is 13.3 Å². The highest BCUT2D eigenvalue weighted by molar-refractivity contribution is 7.73. The predicted octanol–water partition coefficient (Wildman–Crippen LogP) is -1.77. The molecule has 2 N–H and O–H groups in total. The van der Waals surface area contributed by atoms with Gasteiger partial charge in [-0.1, -0.05) is 0 Å². The van der Waals surface area contributed by atoms with Gasteiger partial charge in [0.15, 0.2) is 0 Å². The van der Waals surface area contributed by atoms with Crippen LogP contribution in [0.3, 0.4) is 0 Å². The first-order valence-electron chi connectivity index (χ1n) is 0.532. The Bertz CT molecular complexity index is 29.9. The quantitative estimate of drug-likeness (QED) is 0.289. The Labute approximate surface area is 36.5 Å². The zero-order valence-electron chi connectivity index (χ0n) is 1.71. The van der Waals surface area contributed by atoms with Crippen molar-refractivity contribution in [2.45, 2.75) is 0 Å². The maximum Gasteiger partial charge on any atom is 0.299 e. The highest BCUT2D eigenvalue weighted by Gasteiger charge is 1.62. The lowest BCUT2D eigenvalue weighted by Gasteiger charge is -1.59. The highest BCUT2D eigenvalue weighted by Crippen LogP contribution is 1.44. The Hall–Kier alpha value is 0.287. The van der Waals surface area contributed by atoms with Gasteiger partial charge in [0, 0.05) is 0 Å². The Balaban J connectivity index is 0. The van der Waals surface area contributed by atoms with Gasteiger partial charge in [-0.15, -0.1) is 0 Å². The van der Waals surface area contributed by atoms with Crippen molar-refractivity contribution in [3.05, 3.63) is 0 Å². The van der Waals surface area contributed by atoms with Crippen LogP contribution in [0.25, 0.3) is 0 Å². The lowest BCUT2D eigenvalue weighted by Crippen LogP contribution is -1.74. The average Bonchev–Trinajstić information content (AvgIpc) is 0.811. The van der Waals surface area contributed by atoms with Gasteiger partial charge in [-0.3, -0.25) is 9.11 Å². The van der Waals surface area contributed by atoms with Gasteiger partial charge in [-0.2, -0.15) is 4.21 Å². The zero-order valence-corrected chi connectivity index (χ0v) is 2.53. The summed E-state index contributed by atoms with van der Waals surface area (Å²) < 4.78 is 22.8. The van der Waals surface area contributed by atoms with E-state index in [1.165, 1.54) is 0 Å². The molecular formula is H6O3SSi. The monoisotopic (exact) mass is 114 g/mol. The van der Waals surface area contributed by atoms with E-state index < -0.39 is 11.4 Å². The lowest BCUT2D eigenvalue weighted by atomic mass is 15.8. The molecule has 0 unspecified atom stereocenters. The van der Waals surface area contributed by atoms with E-state index in [-0.39, 0.29) is 11.0 Å². The first kappa shape index (κ1) is 8.99. The summed E-state index contributed by atoms with van der Waals surface area (Å²) in [5.41, 5.74) is 0. The standard InChI is InChI=1S/H2O3S.H4Si/c1-4(2)3;/h(H2,1,2,3);1H4. The van der Waals surface area contributed by atoms with E-state index in [0.29, 0.717) is 0 Å². The van der Waals surface area contributed by atoms with Crippen molar-refractivity contribution in [3.63, 3.8) is 0 Å². The van der Waals surface area contributed by atoms with Crippen LogP contribution < -0.4 is 0 Å². The van der Waals surface area contributed by atoms with Crippen LogP contribution in [0, 0.1) is 0 Å². The van der Waals surface area contributed by atoms with Crippen molar-refractivity contribution in [3.8, 4) is 0 Å². The molecule has 0 aromatic carbocycles. The molecule has 0 amide bonds. The summed E-state index contributed by atoms with van der Waals surface area (Å²) in [5, 5.41) is 0. The molecule has 0 spiro atoms. The Kier molecular flexibility index (Phi) is 7.71. The first-order chi connectivity index (χ1) is 1.73. The van der Waals surface area contributed by atoms with Crippen LogP contribution in [0.5, 0.6) is 0 Å². The Morgan fingerprint density at radius 2 is 1.40 bits per heavy atom. The fraction of sp³-hybridized carbons (Fsp3) is 0. The van der Waals surface area contributed by atoms with E-state index in [1.54, 1.807) is 0 Å². The van der Waals surface area contributed by atoms with Gasteiger partial charge in [-0.05, 0) is 11.0 Å². The second-order valence-electron chi connectivity index (χ2n) is 0.231. The first-order valence-corrected chi connectivity index (χ1v) is 1.60. The summed E-state index contributed by atoms with van der Waals surface area (Å²) >= 11 is -2.61. The number of rotatable bonds is 0. The Morgan fingerprint density at radius 1 is 1.40 bits per heavy atom. The lowest BCUT2D eigenvalue weighted by molar-refractivity contribution is 0.454. The van der Waals surface area contributed by atoms with E-state index in [9.17, 15) is 0 Å². The summed E-state index contributed by atoms with van der Waals surface area (Å²) in [6.45, 7) is 0. The van der Waals surface area contributed by atoms with Crippen LogP contribution >= 0.6 is 0 Å². The molecule has 5 heavy (non-hydrogen) atoms. The smallest absolute Gasteiger partial charge is 0.284 e. The molecule has 0 fully saturated rings. The van der Waals surface area contributed by atoms with E-state index in [0.717, 1.165) is 0 Å². The second-order valence-corrected chi connectivity index (χ2v) is 0.692. The Morgan fingerprint density at radius 3 is 1.40 bits per heavy atom. The molecule has 0 atom stereocenters. The minimum atomic E-state index is -2.61. The third-order valence-corrected chi connectivity index (χ3v) is 0. The SMILES string of the molecule is O=S(O)O.[SiH4]. The third kappa shape index (κ3) is 272. The van der Waals surface area contributed by atoms with Crippen molar-refractivity contribution >= 4 is 22.3 Å². The van der Waals surface area contributed by atoms with Crippen LogP contribution in [0.1, 0.15) is 0 Å². The summed E-state index contributed by atoms with van der Waals surface area (Å²) in [6, 6.07) is 0. The fourth-order valence-electron chi connectivity index (χ4n) is 0. The summed E-state index contributed by atoms with van der Waals surface area (Å²) in [4.78, 5) is 0. The average molecular weight is 114 g/mol. The number of hydrogen-bond donors (Lipinski definition) is 2. The van der Waals surface area contributed by atoms with Gasteiger partial charge in [0.2, 0.25) is 0 Å². The molecule has 34 valence electrons. The predicted molar refractivity (Wildman–Crippen MR) is 24.7 cm³/mol. The van der Waals surface area contributed by atoms with Crippen molar-refractivity contribution in [1.82, 2.24) is 0 Å². The van der Waals surface area contributed by atoms with Crippen LogP contribution in [-0.2, 0) is 11.4 Å². The molecule has 0 saturated carbocycles. The van der Waals surface area contributed by atoms with Crippen LogP contribution in [0.2, 0.25) is 0 Å². The van der Waals surface area contributed by atoms with Crippen LogP contribution in [0.15, 0.2) is 0 Å². The topological polar surface area (TPSA) is 57.5 Å².